The number of benzene rings is 1. The molecule has 1 aromatic carbocycles. The summed E-state index contributed by atoms with van der Waals surface area (Å²) in [5.41, 5.74) is 1.41. The Labute approximate surface area is 124 Å². The van der Waals surface area contributed by atoms with E-state index in [4.69, 9.17) is 9.15 Å². The van der Waals surface area contributed by atoms with Gasteiger partial charge in [-0.05, 0) is 12.1 Å². The number of rotatable bonds is 4. The fraction of sp³-hybridized carbons (Fsp3) is 0.143. The van der Waals surface area contributed by atoms with Gasteiger partial charge in [0.1, 0.15) is 6.54 Å². The number of aromatic nitrogens is 3. The van der Waals surface area contributed by atoms with Crippen LogP contribution in [-0.2, 0) is 11.3 Å². The van der Waals surface area contributed by atoms with Crippen LogP contribution in [0.1, 0.15) is 0 Å². The fourth-order valence-corrected chi connectivity index (χ4v) is 1.99. The highest BCUT2D eigenvalue weighted by molar-refractivity contribution is 5.91. The van der Waals surface area contributed by atoms with Crippen LogP contribution in [0.4, 0.5) is 5.69 Å². The van der Waals surface area contributed by atoms with Crippen molar-refractivity contribution in [3.05, 3.63) is 47.2 Å². The molecule has 0 saturated carbocycles. The third kappa shape index (κ3) is 2.66. The molecule has 0 aliphatic heterocycles. The number of hydrogen-bond acceptors (Lipinski definition) is 6. The molecule has 0 spiro atoms. The predicted octanol–water partition coefficient (Wildman–Crippen LogP) is 1.03. The second-order valence-electron chi connectivity index (χ2n) is 4.43. The van der Waals surface area contributed by atoms with Crippen molar-refractivity contribution in [1.29, 1.82) is 0 Å². The lowest BCUT2D eigenvalue weighted by Gasteiger charge is -2.05. The number of hydrogen-bond donors (Lipinski definition) is 1. The van der Waals surface area contributed by atoms with E-state index in [0.29, 0.717) is 16.8 Å². The van der Waals surface area contributed by atoms with Gasteiger partial charge >= 0.3 is 11.8 Å². The van der Waals surface area contributed by atoms with E-state index in [9.17, 15) is 9.59 Å². The summed E-state index contributed by atoms with van der Waals surface area (Å²) in [7, 11) is 1.45. The van der Waals surface area contributed by atoms with Crippen LogP contribution < -0.4 is 15.8 Å². The number of nitrogens with one attached hydrogen (secondary N) is 1. The van der Waals surface area contributed by atoms with Gasteiger partial charge in [0, 0.05) is 0 Å². The summed E-state index contributed by atoms with van der Waals surface area (Å²) >= 11 is 0. The molecular weight excluding hydrogens is 288 g/mol. The van der Waals surface area contributed by atoms with E-state index in [2.05, 4.69) is 15.3 Å². The monoisotopic (exact) mass is 300 g/mol. The summed E-state index contributed by atoms with van der Waals surface area (Å²) < 4.78 is 11.2. The summed E-state index contributed by atoms with van der Waals surface area (Å²) in [5, 5.41) is 2.60. The average Bonchev–Trinajstić information content (AvgIpc) is 2.84. The normalized spacial score (nSPS) is 10.6. The third-order valence-electron chi connectivity index (χ3n) is 2.97. The lowest BCUT2D eigenvalue weighted by Crippen LogP contribution is -2.24. The minimum atomic E-state index is -0.581. The number of ether oxygens (including phenoxy) is 1. The molecule has 3 rings (SSSR count). The standard InChI is InChI=1S/C14H12N4O4/c1-21-13-15-6-9(7-16-13)17-12(19)8-18-10-4-2-3-5-11(10)22-14(18)20/h2-7H,8H2,1H3,(H,17,19). The van der Waals surface area contributed by atoms with E-state index in [1.54, 1.807) is 24.3 Å². The van der Waals surface area contributed by atoms with Crippen LogP contribution in [0, 0.1) is 0 Å². The minimum absolute atomic E-state index is 0.165. The van der Waals surface area contributed by atoms with Crippen molar-refractivity contribution in [2.24, 2.45) is 0 Å². The smallest absolute Gasteiger partial charge is 0.420 e. The van der Waals surface area contributed by atoms with Crippen LogP contribution in [0.3, 0.4) is 0 Å². The molecular formula is C14H12N4O4. The Balaban J connectivity index is 1.78. The molecule has 8 nitrogen and oxygen atoms in total. The molecule has 8 heteroatoms. The molecule has 0 aliphatic rings. The highest BCUT2D eigenvalue weighted by atomic mass is 16.5. The molecule has 0 radical (unpaired) electrons. The van der Waals surface area contributed by atoms with E-state index >= 15 is 0 Å². The molecule has 2 heterocycles. The van der Waals surface area contributed by atoms with Crippen LogP contribution in [0.2, 0.25) is 0 Å². The number of fused-ring (bicyclic) bond motifs is 1. The molecule has 1 N–H and O–H groups in total. The molecule has 22 heavy (non-hydrogen) atoms. The largest absolute Gasteiger partial charge is 0.467 e. The maximum atomic E-state index is 12.0. The number of carbonyl (C=O) groups is 1. The first-order valence-electron chi connectivity index (χ1n) is 6.41. The number of para-hydroxylation sites is 2. The van der Waals surface area contributed by atoms with Crippen LogP contribution in [0.25, 0.3) is 11.1 Å². The maximum absolute atomic E-state index is 12.0. The second-order valence-corrected chi connectivity index (χ2v) is 4.43. The van der Waals surface area contributed by atoms with Crippen LogP contribution in [-0.4, -0.2) is 27.6 Å². The van der Waals surface area contributed by atoms with Gasteiger partial charge in [-0.3, -0.25) is 9.36 Å². The molecule has 112 valence electrons. The minimum Gasteiger partial charge on any atom is -0.467 e. The zero-order chi connectivity index (χ0) is 15.5. The molecule has 0 aliphatic carbocycles. The fourth-order valence-electron chi connectivity index (χ4n) is 1.99. The molecule has 2 aromatic heterocycles. The van der Waals surface area contributed by atoms with Gasteiger partial charge in [0.15, 0.2) is 5.58 Å². The van der Waals surface area contributed by atoms with Gasteiger partial charge in [-0.15, -0.1) is 0 Å². The SMILES string of the molecule is COc1ncc(NC(=O)Cn2c(=O)oc3ccccc32)cn1. The molecule has 0 saturated heterocycles. The quantitative estimate of drug-likeness (QED) is 0.772. The molecule has 3 aromatic rings. The van der Waals surface area contributed by atoms with Crippen LogP contribution >= 0.6 is 0 Å². The Hall–Kier alpha value is -3.16. The highest BCUT2D eigenvalue weighted by Gasteiger charge is 2.12. The Bertz CT molecular complexity index is 866. The summed E-state index contributed by atoms with van der Waals surface area (Å²) in [6, 6.07) is 7.11. The first kappa shape index (κ1) is 13.8. The van der Waals surface area contributed by atoms with Gasteiger partial charge in [0.25, 0.3) is 0 Å². The van der Waals surface area contributed by atoms with Crippen molar-refractivity contribution < 1.29 is 13.9 Å². The van der Waals surface area contributed by atoms with Crippen LogP contribution in [0.5, 0.6) is 6.01 Å². The molecule has 0 fully saturated rings. The highest BCUT2D eigenvalue weighted by Crippen LogP contribution is 2.12. The number of methoxy groups -OCH3 is 1. The molecule has 0 unspecified atom stereocenters. The first-order valence-corrected chi connectivity index (χ1v) is 6.41. The first-order chi connectivity index (χ1) is 10.7. The Morgan fingerprint density at radius 1 is 1.32 bits per heavy atom. The van der Waals surface area contributed by atoms with Gasteiger partial charge in [0.2, 0.25) is 5.91 Å². The number of oxazole rings is 1. The lowest BCUT2D eigenvalue weighted by atomic mass is 10.3. The number of nitrogens with zero attached hydrogens (tertiary/aromatic N) is 3. The number of carbonyl (C=O) groups excluding carboxylic acids is 1. The van der Waals surface area contributed by atoms with Crippen LogP contribution in [0.15, 0.2) is 45.9 Å². The van der Waals surface area contributed by atoms with E-state index < -0.39 is 5.76 Å². The predicted molar refractivity (Wildman–Crippen MR) is 77.7 cm³/mol. The van der Waals surface area contributed by atoms with Crippen molar-refractivity contribution in [2.75, 3.05) is 12.4 Å². The zero-order valence-corrected chi connectivity index (χ0v) is 11.6. The molecule has 0 atom stereocenters. The van der Waals surface area contributed by atoms with Gasteiger partial charge in [-0.2, -0.15) is 0 Å². The van der Waals surface area contributed by atoms with Gasteiger partial charge in [-0.25, -0.2) is 14.8 Å². The van der Waals surface area contributed by atoms with E-state index in [1.165, 1.54) is 24.1 Å². The Morgan fingerprint density at radius 3 is 2.77 bits per heavy atom. The average molecular weight is 300 g/mol. The molecule has 0 bridgehead atoms. The number of anilines is 1. The summed E-state index contributed by atoms with van der Waals surface area (Å²) in [5.74, 6) is -0.968. The van der Waals surface area contributed by atoms with Crippen molar-refractivity contribution in [3.63, 3.8) is 0 Å². The second kappa shape index (κ2) is 5.68. The molecule has 1 amide bonds. The van der Waals surface area contributed by atoms with E-state index in [1.807, 2.05) is 0 Å². The van der Waals surface area contributed by atoms with Crippen molar-refractivity contribution in [3.8, 4) is 6.01 Å². The summed E-state index contributed by atoms with van der Waals surface area (Å²) in [6.07, 6.45) is 2.83. The topological polar surface area (TPSA) is 99.2 Å². The summed E-state index contributed by atoms with van der Waals surface area (Å²) in [4.78, 5) is 31.6. The zero-order valence-electron chi connectivity index (χ0n) is 11.6. The maximum Gasteiger partial charge on any atom is 0.420 e. The summed E-state index contributed by atoms with van der Waals surface area (Å²) in [6.45, 7) is -0.165. The Morgan fingerprint density at radius 2 is 2.05 bits per heavy atom. The van der Waals surface area contributed by atoms with Gasteiger partial charge < -0.3 is 14.5 Å². The van der Waals surface area contributed by atoms with Crippen molar-refractivity contribution in [2.45, 2.75) is 6.54 Å². The van der Waals surface area contributed by atoms with E-state index in [-0.39, 0.29) is 18.5 Å². The lowest BCUT2D eigenvalue weighted by molar-refractivity contribution is -0.116. The van der Waals surface area contributed by atoms with Crippen molar-refractivity contribution >= 4 is 22.7 Å². The van der Waals surface area contributed by atoms with Gasteiger partial charge in [0.05, 0.1) is 30.7 Å². The van der Waals surface area contributed by atoms with E-state index in [0.717, 1.165) is 0 Å². The third-order valence-corrected chi connectivity index (χ3v) is 2.97. The number of amides is 1. The van der Waals surface area contributed by atoms with Crippen molar-refractivity contribution in [1.82, 2.24) is 14.5 Å². The van der Waals surface area contributed by atoms with Gasteiger partial charge in [-0.1, -0.05) is 12.1 Å². The Kier molecular flexibility index (Phi) is 3.57.